The third-order valence-corrected chi connectivity index (χ3v) is 3.10. The lowest BCUT2D eigenvalue weighted by Gasteiger charge is -2.30. The highest BCUT2D eigenvalue weighted by atomic mass is 35.5. The summed E-state index contributed by atoms with van der Waals surface area (Å²) >= 11 is 5.44. The number of amides is 1. The topological polar surface area (TPSA) is 46.2 Å². The van der Waals surface area contributed by atoms with Crippen molar-refractivity contribution in [3.8, 4) is 0 Å². The van der Waals surface area contributed by atoms with Crippen LogP contribution in [0.15, 0.2) is 0 Å². The van der Waals surface area contributed by atoms with Crippen LogP contribution in [0.1, 0.15) is 25.7 Å². The smallest absolute Gasteiger partial charge is 0.315 e. The molecule has 0 aliphatic heterocycles. The molecular weight excluding hydrogens is 240 g/mol. The van der Waals surface area contributed by atoms with Gasteiger partial charge in [0, 0.05) is 12.0 Å². The summed E-state index contributed by atoms with van der Waals surface area (Å²) < 4.78 is 24.1. The number of carbonyl (C=O) groups is 2. The first-order chi connectivity index (χ1) is 7.56. The van der Waals surface area contributed by atoms with Gasteiger partial charge in [-0.15, -0.1) is 11.6 Å². The lowest BCUT2D eigenvalue weighted by Crippen LogP contribution is -2.47. The van der Waals surface area contributed by atoms with Gasteiger partial charge >= 0.3 is 6.43 Å². The average Bonchev–Trinajstić information content (AvgIpc) is 2.28. The molecule has 0 heterocycles. The van der Waals surface area contributed by atoms with Crippen LogP contribution in [0.2, 0.25) is 0 Å². The molecule has 2 unspecified atom stereocenters. The van der Waals surface area contributed by atoms with Gasteiger partial charge in [0.15, 0.2) is 5.78 Å². The predicted molar refractivity (Wildman–Crippen MR) is 55.6 cm³/mol. The summed E-state index contributed by atoms with van der Waals surface area (Å²) in [6.07, 6.45) is -0.159. The number of hydrogen-bond acceptors (Lipinski definition) is 2. The van der Waals surface area contributed by atoms with Crippen LogP contribution in [-0.4, -0.2) is 30.0 Å². The maximum atomic E-state index is 12.1. The molecule has 0 spiro atoms. The fraction of sp³-hybridized carbons (Fsp3) is 0.800. The van der Waals surface area contributed by atoms with E-state index in [-0.39, 0.29) is 11.7 Å². The summed E-state index contributed by atoms with van der Waals surface area (Å²) in [6.45, 7) is 0. The first kappa shape index (κ1) is 13.4. The Morgan fingerprint density at radius 3 is 2.50 bits per heavy atom. The van der Waals surface area contributed by atoms with E-state index in [1.807, 2.05) is 0 Å². The second kappa shape index (κ2) is 6.13. The number of ketones is 1. The van der Waals surface area contributed by atoms with Crippen molar-refractivity contribution < 1.29 is 18.4 Å². The van der Waals surface area contributed by atoms with Crippen molar-refractivity contribution in [2.24, 2.45) is 5.92 Å². The summed E-state index contributed by atoms with van der Waals surface area (Å²) in [6, 6.07) is -0.485. The molecule has 0 aromatic carbocycles. The summed E-state index contributed by atoms with van der Waals surface area (Å²) in [5.41, 5.74) is 0. The Morgan fingerprint density at radius 2 is 1.94 bits per heavy atom. The molecule has 1 rings (SSSR count). The van der Waals surface area contributed by atoms with Crippen LogP contribution in [0.5, 0.6) is 0 Å². The standard InChI is InChI=1S/C10H14ClF2NO2/c11-5-8(15)6-3-1-2-4-7(6)14-10(16)9(12)13/h6-7,9H,1-5H2,(H,14,16). The molecule has 0 radical (unpaired) electrons. The molecule has 3 nitrogen and oxygen atoms in total. The van der Waals surface area contributed by atoms with Crippen LogP contribution >= 0.6 is 11.6 Å². The third kappa shape index (κ3) is 3.40. The van der Waals surface area contributed by atoms with E-state index in [4.69, 9.17) is 11.6 Å². The fourth-order valence-electron chi connectivity index (χ4n) is 2.03. The van der Waals surface area contributed by atoms with Crippen molar-refractivity contribution in [3.05, 3.63) is 0 Å². The normalized spacial score (nSPS) is 25.5. The minimum absolute atomic E-state index is 0.133. The van der Waals surface area contributed by atoms with Crippen LogP contribution < -0.4 is 5.32 Å². The molecule has 0 saturated heterocycles. The van der Waals surface area contributed by atoms with Crippen LogP contribution in [0, 0.1) is 5.92 Å². The number of rotatable bonds is 4. The molecule has 1 N–H and O–H groups in total. The van der Waals surface area contributed by atoms with Gasteiger partial charge in [0.05, 0.1) is 5.88 Å². The first-order valence-corrected chi connectivity index (χ1v) is 5.77. The van der Waals surface area contributed by atoms with Gasteiger partial charge in [-0.1, -0.05) is 12.8 Å². The first-order valence-electron chi connectivity index (χ1n) is 5.23. The zero-order valence-electron chi connectivity index (χ0n) is 8.72. The molecule has 6 heteroatoms. The van der Waals surface area contributed by atoms with E-state index in [1.165, 1.54) is 0 Å². The van der Waals surface area contributed by atoms with Crippen LogP contribution in [-0.2, 0) is 9.59 Å². The van der Waals surface area contributed by atoms with Crippen molar-refractivity contribution in [1.82, 2.24) is 5.32 Å². The van der Waals surface area contributed by atoms with E-state index in [1.54, 1.807) is 0 Å². The zero-order valence-corrected chi connectivity index (χ0v) is 9.47. The zero-order chi connectivity index (χ0) is 12.1. The van der Waals surface area contributed by atoms with E-state index in [9.17, 15) is 18.4 Å². The monoisotopic (exact) mass is 253 g/mol. The van der Waals surface area contributed by atoms with Crippen LogP contribution in [0.4, 0.5) is 8.78 Å². The molecule has 16 heavy (non-hydrogen) atoms. The molecule has 1 aliphatic rings. The van der Waals surface area contributed by atoms with E-state index in [0.717, 1.165) is 12.8 Å². The Kier molecular flexibility index (Phi) is 5.12. The van der Waals surface area contributed by atoms with Crippen molar-refractivity contribution in [2.45, 2.75) is 38.2 Å². The van der Waals surface area contributed by atoms with E-state index < -0.39 is 24.3 Å². The Morgan fingerprint density at radius 1 is 1.31 bits per heavy atom. The Balaban J connectivity index is 2.60. The lowest BCUT2D eigenvalue weighted by molar-refractivity contribution is -0.134. The number of nitrogens with one attached hydrogen (secondary N) is 1. The molecule has 92 valence electrons. The van der Waals surface area contributed by atoms with Gasteiger partial charge in [-0.25, -0.2) is 0 Å². The highest BCUT2D eigenvalue weighted by molar-refractivity contribution is 6.28. The Labute approximate surface area is 97.5 Å². The second-order valence-corrected chi connectivity index (χ2v) is 4.17. The molecule has 1 fully saturated rings. The summed E-state index contributed by atoms with van der Waals surface area (Å²) in [7, 11) is 0. The van der Waals surface area contributed by atoms with E-state index in [2.05, 4.69) is 5.32 Å². The maximum absolute atomic E-state index is 12.1. The average molecular weight is 254 g/mol. The van der Waals surface area contributed by atoms with Gasteiger partial charge in [0.1, 0.15) is 0 Å². The molecular formula is C10H14ClF2NO2. The highest BCUT2D eigenvalue weighted by Crippen LogP contribution is 2.25. The van der Waals surface area contributed by atoms with Crippen molar-refractivity contribution in [2.75, 3.05) is 5.88 Å². The number of halogens is 3. The van der Waals surface area contributed by atoms with Crippen LogP contribution in [0.25, 0.3) is 0 Å². The summed E-state index contributed by atoms with van der Waals surface area (Å²) in [5.74, 6) is -2.03. The van der Waals surface area contributed by atoms with Gasteiger partial charge in [-0.2, -0.15) is 8.78 Å². The number of Topliss-reactive ketones (excluding diaryl/α,β-unsaturated/α-hetero) is 1. The SMILES string of the molecule is O=C(NC1CCCCC1C(=O)CCl)C(F)F. The Bertz CT molecular complexity index is 274. The minimum atomic E-state index is -3.03. The molecule has 1 aliphatic carbocycles. The van der Waals surface area contributed by atoms with Gasteiger partial charge in [0.25, 0.3) is 5.91 Å². The second-order valence-electron chi connectivity index (χ2n) is 3.91. The number of hydrogen-bond donors (Lipinski definition) is 1. The van der Waals surface area contributed by atoms with Gasteiger partial charge in [0.2, 0.25) is 0 Å². The fourth-order valence-corrected chi connectivity index (χ4v) is 2.23. The molecule has 1 saturated carbocycles. The largest absolute Gasteiger partial charge is 0.348 e. The quantitative estimate of drug-likeness (QED) is 0.776. The van der Waals surface area contributed by atoms with Gasteiger partial charge in [-0.05, 0) is 12.8 Å². The van der Waals surface area contributed by atoms with Gasteiger partial charge < -0.3 is 5.32 Å². The molecule has 0 aromatic heterocycles. The predicted octanol–water partition coefficient (Wildman–Crippen LogP) is 1.73. The minimum Gasteiger partial charge on any atom is -0.348 e. The van der Waals surface area contributed by atoms with Crippen molar-refractivity contribution >= 4 is 23.3 Å². The number of carbonyl (C=O) groups excluding carboxylic acids is 2. The van der Waals surface area contributed by atoms with E-state index >= 15 is 0 Å². The highest BCUT2D eigenvalue weighted by Gasteiger charge is 2.32. The van der Waals surface area contributed by atoms with Gasteiger partial charge in [-0.3, -0.25) is 9.59 Å². The molecule has 0 bridgehead atoms. The molecule has 0 aromatic rings. The number of alkyl halides is 3. The summed E-state index contributed by atoms with van der Waals surface area (Å²) in [5, 5.41) is 2.22. The van der Waals surface area contributed by atoms with Crippen molar-refractivity contribution in [1.29, 1.82) is 0 Å². The van der Waals surface area contributed by atoms with E-state index in [0.29, 0.717) is 12.8 Å². The Hall–Kier alpha value is -0.710. The lowest BCUT2D eigenvalue weighted by atomic mass is 9.82. The molecule has 2 atom stereocenters. The maximum Gasteiger partial charge on any atom is 0.315 e. The third-order valence-electron chi connectivity index (χ3n) is 2.84. The van der Waals surface area contributed by atoms with Crippen molar-refractivity contribution in [3.63, 3.8) is 0 Å². The molecule has 1 amide bonds. The van der Waals surface area contributed by atoms with Crippen LogP contribution in [0.3, 0.4) is 0 Å². The summed E-state index contributed by atoms with van der Waals surface area (Å²) in [4.78, 5) is 22.3.